The second-order valence-corrected chi connectivity index (χ2v) is 4.54. The van der Waals surface area contributed by atoms with Gasteiger partial charge < -0.3 is 19.5 Å². The van der Waals surface area contributed by atoms with Gasteiger partial charge in [-0.1, -0.05) is 6.42 Å². The minimum Gasteiger partial charge on any atom is -0.493 e. The Balaban J connectivity index is 2.09. The number of benzene rings is 1. The van der Waals surface area contributed by atoms with E-state index < -0.39 is 5.82 Å². The topological polar surface area (TPSA) is 39.7 Å². The van der Waals surface area contributed by atoms with Crippen molar-refractivity contribution in [2.45, 2.75) is 25.3 Å². The van der Waals surface area contributed by atoms with Crippen LogP contribution in [0.4, 0.5) is 4.39 Å². The minimum atomic E-state index is -0.399. The van der Waals surface area contributed by atoms with E-state index in [1.165, 1.54) is 13.2 Å². The molecule has 1 atom stereocenters. The predicted octanol–water partition coefficient (Wildman–Crippen LogP) is 2.38. The number of nitrogens with one attached hydrogen (secondary N) is 1. The summed E-state index contributed by atoms with van der Waals surface area (Å²) in [6.45, 7) is 1.07. The molecule has 0 saturated carbocycles. The summed E-state index contributed by atoms with van der Waals surface area (Å²) in [6, 6.07) is 1.40. The Hall–Kier alpha value is -1.49. The van der Waals surface area contributed by atoms with E-state index in [4.69, 9.17) is 14.2 Å². The van der Waals surface area contributed by atoms with Gasteiger partial charge in [0.15, 0.2) is 23.1 Å². The van der Waals surface area contributed by atoms with Crippen LogP contribution in [0.1, 0.15) is 30.9 Å². The molecule has 1 saturated heterocycles. The second kappa shape index (κ2) is 4.65. The Morgan fingerprint density at radius 2 is 2.28 bits per heavy atom. The standard InChI is InChI=1S/C13H16FNO3/c1-16-12-8(14)6-10-13(18-7-17-10)11(12)9-4-2-3-5-15-9/h6,9,15H,2-5,7H2,1H3. The molecule has 0 aromatic heterocycles. The number of halogens is 1. The van der Waals surface area contributed by atoms with Crippen LogP contribution in [-0.2, 0) is 0 Å². The zero-order valence-corrected chi connectivity index (χ0v) is 10.3. The first kappa shape index (κ1) is 11.6. The van der Waals surface area contributed by atoms with Crippen LogP contribution in [-0.4, -0.2) is 20.4 Å². The van der Waals surface area contributed by atoms with Gasteiger partial charge in [-0.05, 0) is 19.4 Å². The summed E-state index contributed by atoms with van der Waals surface area (Å²) in [5.74, 6) is 0.950. The van der Waals surface area contributed by atoms with Crippen LogP contribution < -0.4 is 19.5 Å². The first-order valence-corrected chi connectivity index (χ1v) is 6.20. The van der Waals surface area contributed by atoms with Crippen LogP contribution in [0.3, 0.4) is 0 Å². The Morgan fingerprint density at radius 1 is 1.39 bits per heavy atom. The molecule has 1 N–H and O–H groups in total. The maximum atomic E-state index is 14.0. The Bertz CT molecular complexity index is 454. The van der Waals surface area contributed by atoms with Crippen molar-refractivity contribution in [1.29, 1.82) is 0 Å². The highest BCUT2D eigenvalue weighted by Crippen LogP contribution is 2.47. The van der Waals surface area contributed by atoms with E-state index in [2.05, 4.69) is 5.32 Å². The highest BCUT2D eigenvalue weighted by atomic mass is 19.1. The predicted molar refractivity (Wildman–Crippen MR) is 63.7 cm³/mol. The maximum Gasteiger partial charge on any atom is 0.231 e. The first-order chi connectivity index (χ1) is 8.81. The average Bonchev–Trinajstić information content (AvgIpc) is 2.85. The van der Waals surface area contributed by atoms with Gasteiger partial charge >= 0.3 is 0 Å². The normalized spacial score (nSPS) is 22.0. The van der Waals surface area contributed by atoms with E-state index in [1.807, 2.05) is 0 Å². The molecule has 1 fully saturated rings. The molecule has 0 aliphatic carbocycles. The van der Waals surface area contributed by atoms with Gasteiger partial charge in [0.1, 0.15) is 0 Å². The van der Waals surface area contributed by atoms with Crippen molar-refractivity contribution in [2.24, 2.45) is 0 Å². The van der Waals surface area contributed by atoms with Gasteiger partial charge in [0.2, 0.25) is 6.79 Å². The smallest absolute Gasteiger partial charge is 0.231 e. The molecule has 2 aliphatic rings. The molecule has 1 aromatic rings. The molecule has 5 heteroatoms. The number of fused-ring (bicyclic) bond motifs is 1. The lowest BCUT2D eigenvalue weighted by Crippen LogP contribution is -2.27. The molecule has 2 heterocycles. The van der Waals surface area contributed by atoms with Crippen molar-refractivity contribution in [2.75, 3.05) is 20.4 Å². The minimum absolute atomic E-state index is 0.0693. The van der Waals surface area contributed by atoms with Crippen molar-refractivity contribution < 1.29 is 18.6 Å². The van der Waals surface area contributed by atoms with Crippen LogP contribution in [0, 0.1) is 5.82 Å². The molecule has 18 heavy (non-hydrogen) atoms. The first-order valence-electron chi connectivity index (χ1n) is 6.20. The summed E-state index contributed by atoms with van der Waals surface area (Å²) in [5, 5.41) is 3.38. The second-order valence-electron chi connectivity index (χ2n) is 4.54. The quantitative estimate of drug-likeness (QED) is 0.878. The van der Waals surface area contributed by atoms with Crippen LogP contribution >= 0.6 is 0 Å². The van der Waals surface area contributed by atoms with E-state index >= 15 is 0 Å². The molecule has 0 radical (unpaired) electrons. The maximum absolute atomic E-state index is 14.0. The van der Waals surface area contributed by atoms with Gasteiger partial charge in [0.25, 0.3) is 0 Å². The Labute approximate surface area is 105 Å². The van der Waals surface area contributed by atoms with Crippen LogP contribution in [0.15, 0.2) is 6.07 Å². The fourth-order valence-corrected chi connectivity index (χ4v) is 2.64. The molecule has 3 rings (SSSR count). The molecule has 1 unspecified atom stereocenters. The van der Waals surface area contributed by atoms with Crippen molar-refractivity contribution in [1.82, 2.24) is 5.32 Å². The van der Waals surface area contributed by atoms with Crippen LogP contribution in [0.2, 0.25) is 0 Å². The summed E-state index contributed by atoms with van der Waals surface area (Å²) in [5.41, 5.74) is 0.754. The summed E-state index contributed by atoms with van der Waals surface area (Å²) < 4.78 is 29.9. The molecule has 0 spiro atoms. The molecule has 0 amide bonds. The third-order valence-corrected chi connectivity index (χ3v) is 3.47. The summed E-state index contributed by atoms with van der Waals surface area (Å²) in [7, 11) is 1.48. The van der Waals surface area contributed by atoms with E-state index in [1.54, 1.807) is 0 Å². The zero-order valence-electron chi connectivity index (χ0n) is 10.3. The number of hydrogen-bond acceptors (Lipinski definition) is 4. The molecule has 0 bridgehead atoms. The van der Waals surface area contributed by atoms with Crippen molar-refractivity contribution in [3.8, 4) is 17.2 Å². The SMILES string of the molecule is COc1c(F)cc2c(c1C1CCCCN1)OCO2. The van der Waals surface area contributed by atoms with E-state index in [0.29, 0.717) is 11.5 Å². The lowest BCUT2D eigenvalue weighted by atomic mass is 9.95. The van der Waals surface area contributed by atoms with Crippen molar-refractivity contribution in [3.63, 3.8) is 0 Å². The van der Waals surface area contributed by atoms with Crippen molar-refractivity contribution >= 4 is 0 Å². The average molecular weight is 253 g/mol. The van der Waals surface area contributed by atoms with Crippen molar-refractivity contribution in [3.05, 3.63) is 17.4 Å². The molecule has 4 nitrogen and oxygen atoms in total. The number of methoxy groups -OCH3 is 1. The van der Waals surface area contributed by atoms with E-state index in [9.17, 15) is 4.39 Å². The number of ether oxygens (including phenoxy) is 3. The molecule has 1 aromatic carbocycles. The number of hydrogen-bond donors (Lipinski definition) is 1. The molecule has 98 valence electrons. The third kappa shape index (κ3) is 1.79. The van der Waals surface area contributed by atoms with Gasteiger partial charge in [-0.25, -0.2) is 4.39 Å². The van der Waals surface area contributed by atoms with Gasteiger partial charge in [-0.2, -0.15) is 0 Å². The largest absolute Gasteiger partial charge is 0.493 e. The Morgan fingerprint density at radius 3 is 3.00 bits per heavy atom. The highest BCUT2D eigenvalue weighted by molar-refractivity contribution is 5.57. The van der Waals surface area contributed by atoms with Crippen LogP contribution in [0.5, 0.6) is 17.2 Å². The Kier molecular flexibility index (Phi) is 2.99. The fraction of sp³-hybridized carbons (Fsp3) is 0.538. The fourth-order valence-electron chi connectivity index (χ4n) is 2.64. The van der Waals surface area contributed by atoms with Crippen LogP contribution in [0.25, 0.3) is 0 Å². The molecular formula is C13H16FNO3. The van der Waals surface area contributed by atoms with Gasteiger partial charge in [0, 0.05) is 12.1 Å². The summed E-state index contributed by atoms with van der Waals surface area (Å²) in [6.07, 6.45) is 3.22. The zero-order chi connectivity index (χ0) is 12.5. The van der Waals surface area contributed by atoms with Gasteiger partial charge in [-0.15, -0.1) is 0 Å². The highest BCUT2D eigenvalue weighted by Gasteiger charge is 2.31. The monoisotopic (exact) mass is 253 g/mol. The third-order valence-electron chi connectivity index (χ3n) is 3.47. The van der Waals surface area contributed by atoms with E-state index in [-0.39, 0.29) is 18.6 Å². The summed E-state index contributed by atoms with van der Waals surface area (Å²) >= 11 is 0. The number of piperidine rings is 1. The lowest BCUT2D eigenvalue weighted by molar-refractivity contribution is 0.172. The summed E-state index contributed by atoms with van der Waals surface area (Å²) in [4.78, 5) is 0. The van der Waals surface area contributed by atoms with Gasteiger partial charge in [-0.3, -0.25) is 0 Å². The van der Waals surface area contributed by atoms with Gasteiger partial charge in [0.05, 0.1) is 12.7 Å². The molecular weight excluding hydrogens is 237 g/mol. The lowest BCUT2D eigenvalue weighted by Gasteiger charge is -2.26. The molecule has 2 aliphatic heterocycles. The van der Waals surface area contributed by atoms with E-state index in [0.717, 1.165) is 31.4 Å². The number of rotatable bonds is 2.